The SMILES string of the molecule is CCc1ccc(NC(=O)[C@@H](C)OC(=O)C23C[C@@H]4C[C@@H](CC(Cl)(C4)C2)C3)cc1. The Balaban J connectivity index is 1.39. The largest absolute Gasteiger partial charge is 0.452 e. The summed E-state index contributed by atoms with van der Waals surface area (Å²) in [6.45, 7) is 3.73. The molecule has 2 unspecified atom stereocenters. The Morgan fingerprint density at radius 1 is 1.19 bits per heavy atom. The number of carbonyl (C=O) groups excluding carboxylic acids is 2. The summed E-state index contributed by atoms with van der Waals surface area (Å²) in [6, 6.07) is 7.73. The molecule has 5 rings (SSSR count). The van der Waals surface area contributed by atoms with Crippen molar-refractivity contribution < 1.29 is 14.3 Å². The van der Waals surface area contributed by atoms with Crippen molar-refractivity contribution in [2.45, 2.75) is 69.8 Å². The van der Waals surface area contributed by atoms with E-state index in [-0.39, 0.29) is 16.8 Å². The van der Waals surface area contributed by atoms with Gasteiger partial charge in [-0.3, -0.25) is 9.59 Å². The maximum Gasteiger partial charge on any atom is 0.312 e. The third-order valence-electron chi connectivity index (χ3n) is 6.71. The van der Waals surface area contributed by atoms with Crippen molar-refractivity contribution in [3.8, 4) is 0 Å². The van der Waals surface area contributed by atoms with Gasteiger partial charge in [-0.05, 0) is 81.4 Å². The van der Waals surface area contributed by atoms with Crippen molar-refractivity contribution in [3.63, 3.8) is 0 Å². The van der Waals surface area contributed by atoms with Gasteiger partial charge in [-0.2, -0.15) is 0 Å². The van der Waals surface area contributed by atoms with Crippen LogP contribution in [0.1, 0.15) is 57.9 Å². The van der Waals surface area contributed by atoms with E-state index in [2.05, 4.69) is 12.2 Å². The maximum absolute atomic E-state index is 13.0. The average Bonchev–Trinajstić information content (AvgIpc) is 2.60. The zero-order chi connectivity index (χ0) is 19.2. The smallest absolute Gasteiger partial charge is 0.312 e. The molecule has 1 aromatic carbocycles. The quantitative estimate of drug-likeness (QED) is 0.586. The molecule has 4 fully saturated rings. The van der Waals surface area contributed by atoms with Crippen molar-refractivity contribution >= 4 is 29.2 Å². The number of halogens is 1. The first-order chi connectivity index (χ1) is 12.8. The van der Waals surface area contributed by atoms with Gasteiger partial charge < -0.3 is 10.1 Å². The molecule has 0 aliphatic heterocycles. The summed E-state index contributed by atoms with van der Waals surface area (Å²) in [5.74, 6) is 0.526. The Morgan fingerprint density at radius 2 is 1.81 bits per heavy atom. The molecule has 4 bridgehead atoms. The van der Waals surface area contributed by atoms with Crippen LogP contribution in [-0.4, -0.2) is 22.9 Å². The normalized spacial score (nSPS) is 34.9. The lowest BCUT2D eigenvalue weighted by atomic mass is 9.49. The summed E-state index contributed by atoms with van der Waals surface area (Å²) < 4.78 is 5.65. The zero-order valence-corrected chi connectivity index (χ0v) is 16.8. The third kappa shape index (κ3) is 3.61. The molecule has 1 N–H and O–H groups in total. The number of anilines is 1. The minimum absolute atomic E-state index is 0.231. The molecule has 0 saturated heterocycles. The topological polar surface area (TPSA) is 55.4 Å². The standard InChI is InChI=1S/C22H28ClNO3/c1-3-15-4-6-18(7-5-15)24-19(25)14(2)27-20(26)21-9-16-8-17(10-21)12-22(23,11-16)13-21/h4-7,14,16-17H,3,8-13H2,1-2H3,(H,24,25)/t14-,16-,17+,21?,22?/m1/s1. The van der Waals surface area contributed by atoms with Crippen LogP contribution in [0.25, 0.3) is 0 Å². The molecule has 0 aromatic heterocycles. The molecule has 0 heterocycles. The summed E-state index contributed by atoms with van der Waals surface area (Å²) in [5.41, 5.74) is 1.45. The fraction of sp³-hybridized carbons (Fsp3) is 0.636. The number of aryl methyl sites for hydroxylation is 1. The molecule has 1 aromatic rings. The molecule has 4 aliphatic carbocycles. The van der Waals surface area contributed by atoms with E-state index in [1.54, 1.807) is 6.92 Å². The molecule has 4 aliphatic rings. The Bertz CT molecular complexity index is 730. The number of hydrogen-bond donors (Lipinski definition) is 1. The van der Waals surface area contributed by atoms with Crippen LogP contribution in [0.2, 0.25) is 0 Å². The van der Waals surface area contributed by atoms with E-state index in [0.717, 1.165) is 37.8 Å². The molecule has 0 spiro atoms. The Kier molecular flexibility index (Phi) is 4.74. The number of ether oxygens (including phenoxy) is 1. The number of rotatable bonds is 5. The van der Waals surface area contributed by atoms with Gasteiger partial charge in [-0.15, -0.1) is 11.6 Å². The number of amides is 1. The summed E-state index contributed by atoms with van der Waals surface area (Å²) in [6.07, 6.45) is 5.78. The fourth-order valence-electron chi connectivity index (χ4n) is 5.80. The highest BCUT2D eigenvalue weighted by atomic mass is 35.5. The first-order valence-electron chi connectivity index (χ1n) is 10.1. The van der Waals surface area contributed by atoms with Gasteiger partial charge in [0.05, 0.1) is 5.41 Å². The van der Waals surface area contributed by atoms with Crippen molar-refractivity contribution in [1.82, 2.24) is 0 Å². The summed E-state index contributed by atoms with van der Waals surface area (Å²) in [7, 11) is 0. The lowest BCUT2D eigenvalue weighted by molar-refractivity contribution is -0.176. The molecule has 5 heteroatoms. The molecule has 4 saturated carbocycles. The van der Waals surface area contributed by atoms with Gasteiger partial charge in [0, 0.05) is 10.6 Å². The van der Waals surface area contributed by atoms with Crippen molar-refractivity contribution in [1.29, 1.82) is 0 Å². The van der Waals surface area contributed by atoms with Gasteiger partial charge in [0.15, 0.2) is 6.10 Å². The second kappa shape index (κ2) is 6.80. The molecular weight excluding hydrogens is 362 g/mol. The van der Waals surface area contributed by atoms with Crippen LogP contribution in [0, 0.1) is 17.3 Å². The second-order valence-electron chi connectivity index (χ2n) is 8.98. The van der Waals surface area contributed by atoms with Crippen LogP contribution in [-0.2, 0) is 20.7 Å². The van der Waals surface area contributed by atoms with Gasteiger partial charge in [0.25, 0.3) is 5.91 Å². The van der Waals surface area contributed by atoms with Crippen molar-refractivity contribution in [2.75, 3.05) is 5.32 Å². The maximum atomic E-state index is 13.0. The molecular formula is C22H28ClNO3. The first kappa shape index (κ1) is 18.8. The second-order valence-corrected chi connectivity index (χ2v) is 9.78. The number of alkyl halides is 1. The van der Waals surface area contributed by atoms with E-state index in [0.29, 0.717) is 18.3 Å². The van der Waals surface area contributed by atoms with Crippen LogP contribution in [0.4, 0.5) is 5.69 Å². The predicted octanol–water partition coefficient (Wildman–Crippen LogP) is 4.70. The van der Waals surface area contributed by atoms with Crippen LogP contribution in [0.15, 0.2) is 24.3 Å². The zero-order valence-electron chi connectivity index (χ0n) is 16.1. The third-order valence-corrected chi connectivity index (χ3v) is 7.15. The predicted molar refractivity (Wildman–Crippen MR) is 106 cm³/mol. The van der Waals surface area contributed by atoms with Gasteiger partial charge >= 0.3 is 5.97 Å². The Morgan fingerprint density at radius 3 is 2.37 bits per heavy atom. The van der Waals surface area contributed by atoms with Gasteiger partial charge in [-0.1, -0.05) is 19.1 Å². The van der Waals surface area contributed by atoms with Crippen LogP contribution < -0.4 is 5.32 Å². The lowest BCUT2D eigenvalue weighted by Gasteiger charge is -2.58. The monoisotopic (exact) mass is 389 g/mol. The van der Waals surface area contributed by atoms with Gasteiger partial charge in [0.2, 0.25) is 0 Å². The molecule has 27 heavy (non-hydrogen) atoms. The number of nitrogens with one attached hydrogen (secondary N) is 1. The van der Waals surface area contributed by atoms with E-state index in [1.807, 2.05) is 24.3 Å². The highest BCUT2D eigenvalue weighted by molar-refractivity contribution is 6.24. The minimum Gasteiger partial charge on any atom is -0.452 e. The van der Waals surface area contributed by atoms with Crippen LogP contribution in [0.5, 0.6) is 0 Å². The van der Waals surface area contributed by atoms with Crippen molar-refractivity contribution in [3.05, 3.63) is 29.8 Å². The number of esters is 1. The number of benzene rings is 1. The van der Waals surface area contributed by atoms with E-state index in [9.17, 15) is 9.59 Å². The molecule has 5 atom stereocenters. The fourth-order valence-corrected chi connectivity index (χ4v) is 6.49. The Labute approximate surface area is 166 Å². The molecule has 1 amide bonds. The van der Waals surface area contributed by atoms with Gasteiger partial charge in [0.1, 0.15) is 0 Å². The lowest BCUT2D eigenvalue weighted by Crippen LogP contribution is -2.57. The number of hydrogen-bond acceptors (Lipinski definition) is 3. The summed E-state index contributed by atoms with van der Waals surface area (Å²) >= 11 is 6.81. The van der Waals surface area contributed by atoms with Gasteiger partial charge in [-0.25, -0.2) is 0 Å². The highest BCUT2D eigenvalue weighted by Crippen LogP contribution is 2.64. The minimum atomic E-state index is -0.817. The van der Waals surface area contributed by atoms with Crippen LogP contribution in [0.3, 0.4) is 0 Å². The van der Waals surface area contributed by atoms with E-state index < -0.39 is 11.5 Å². The summed E-state index contributed by atoms with van der Waals surface area (Å²) in [4.78, 5) is 25.3. The first-order valence-corrected chi connectivity index (χ1v) is 10.5. The van der Waals surface area contributed by atoms with Crippen LogP contribution >= 0.6 is 11.6 Å². The molecule has 0 radical (unpaired) electrons. The molecule has 4 nitrogen and oxygen atoms in total. The van der Waals surface area contributed by atoms with E-state index in [4.69, 9.17) is 16.3 Å². The number of carbonyl (C=O) groups is 2. The molecule has 146 valence electrons. The van der Waals surface area contributed by atoms with E-state index in [1.165, 1.54) is 12.0 Å². The summed E-state index contributed by atoms with van der Waals surface area (Å²) in [5, 5.41) is 2.84. The van der Waals surface area contributed by atoms with E-state index >= 15 is 0 Å². The average molecular weight is 390 g/mol. The highest BCUT2D eigenvalue weighted by Gasteiger charge is 2.61. The Hall–Kier alpha value is -1.55. The van der Waals surface area contributed by atoms with Crippen molar-refractivity contribution in [2.24, 2.45) is 17.3 Å².